The van der Waals surface area contributed by atoms with Crippen LogP contribution in [0.1, 0.15) is 43.4 Å². The van der Waals surface area contributed by atoms with Crippen LogP contribution in [0.5, 0.6) is 11.5 Å². The van der Waals surface area contributed by atoms with Crippen molar-refractivity contribution in [2.24, 2.45) is 11.0 Å². The van der Waals surface area contributed by atoms with E-state index in [1.165, 1.54) is 0 Å². The number of amides is 1. The summed E-state index contributed by atoms with van der Waals surface area (Å²) in [5.41, 5.74) is 2.65. The highest BCUT2D eigenvalue weighted by molar-refractivity contribution is 6.05. The van der Waals surface area contributed by atoms with Crippen molar-refractivity contribution in [1.29, 1.82) is 0 Å². The second-order valence-electron chi connectivity index (χ2n) is 8.81. The van der Waals surface area contributed by atoms with Gasteiger partial charge in [0.15, 0.2) is 0 Å². The van der Waals surface area contributed by atoms with Gasteiger partial charge in [-0.15, -0.1) is 0 Å². The van der Waals surface area contributed by atoms with Crippen LogP contribution in [-0.4, -0.2) is 68.0 Å². The molecular weight excluding hydrogens is 446 g/mol. The van der Waals surface area contributed by atoms with E-state index in [1.807, 2.05) is 60.4 Å². The van der Waals surface area contributed by atoms with Crippen molar-refractivity contribution in [2.45, 2.75) is 32.2 Å². The average molecular weight is 480 g/mol. The number of hydrogen-bond acceptors (Lipinski definition) is 7. The van der Waals surface area contributed by atoms with Crippen molar-refractivity contribution in [2.75, 3.05) is 40.5 Å². The van der Waals surface area contributed by atoms with Crippen LogP contribution in [0.3, 0.4) is 0 Å². The Hall–Kier alpha value is -3.39. The van der Waals surface area contributed by atoms with E-state index in [0.29, 0.717) is 31.1 Å². The number of hydrogen-bond donors (Lipinski definition) is 0. The van der Waals surface area contributed by atoms with E-state index >= 15 is 0 Å². The number of carbonyl (C=O) groups excluding carboxylic acids is 2. The molecular formula is C27H33N3O5. The van der Waals surface area contributed by atoms with Gasteiger partial charge in [0.1, 0.15) is 11.5 Å². The Labute approximate surface area is 206 Å². The third-order valence-corrected chi connectivity index (χ3v) is 6.55. The Kier molecular flexibility index (Phi) is 8.02. The Morgan fingerprint density at radius 1 is 1.09 bits per heavy atom. The fourth-order valence-electron chi connectivity index (χ4n) is 4.79. The summed E-state index contributed by atoms with van der Waals surface area (Å²) in [6.45, 7) is 3.68. The maximum atomic E-state index is 13.5. The number of likely N-dealkylation sites (tertiary alicyclic amines) is 1. The van der Waals surface area contributed by atoms with E-state index < -0.39 is 0 Å². The first-order valence-electron chi connectivity index (χ1n) is 12.1. The number of esters is 1. The van der Waals surface area contributed by atoms with E-state index in [1.54, 1.807) is 19.2 Å². The van der Waals surface area contributed by atoms with Crippen LogP contribution >= 0.6 is 0 Å². The lowest BCUT2D eigenvalue weighted by molar-refractivity contribution is -0.150. The summed E-state index contributed by atoms with van der Waals surface area (Å²) in [5.74, 6) is 0.879. The molecule has 0 N–H and O–H groups in total. The van der Waals surface area contributed by atoms with Crippen LogP contribution in [-0.2, 0) is 14.3 Å². The van der Waals surface area contributed by atoms with Gasteiger partial charge >= 0.3 is 5.97 Å². The predicted molar refractivity (Wildman–Crippen MR) is 133 cm³/mol. The number of hydrazone groups is 1. The van der Waals surface area contributed by atoms with Crippen molar-refractivity contribution < 1.29 is 23.8 Å². The third kappa shape index (κ3) is 5.65. The lowest BCUT2D eigenvalue weighted by atomic mass is 9.97. The van der Waals surface area contributed by atoms with Crippen LogP contribution in [0.25, 0.3) is 0 Å². The maximum Gasteiger partial charge on any atom is 0.310 e. The molecule has 0 unspecified atom stereocenters. The van der Waals surface area contributed by atoms with Crippen molar-refractivity contribution in [3.05, 3.63) is 59.7 Å². The fourth-order valence-corrected chi connectivity index (χ4v) is 4.79. The molecule has 2 aromatic carbocycles. The molecule has 35 heavy (non-hydrogen) atoms. The highest BCUT2D eigenvalue weighted by Crippen LogP contribution is 2.36. The van der Waals surface area contributed by atoms with Gasteiger partial charge in [-0.25, -0.2) is 5.01 Å². The molecule has 0 aromatic heterocycles. The predicted octanol–water partition coefficient (Wildman–Crippen LogP) is 3.66. The van der Waals surface area contributed by atoms with Crippen LogP contribution in [0, 0.1) is 5.92 Å². The Morgan fingerprint density at radius 3 is 2.60 bits per heavy atom. The molecule has 8 heteroatoms. The molecule has 0 saturated carbocycles. The minimum atomic E-state index is -0.212. The number of ether oxygens (including phenoxy) is 3. The molecule has 2 aliphatic rings. The quantitative estimate of drug-likeness (QED) is 0.538. The molecule has 2 aliphatic heterocycles. The Morgan fingerprint density at radius 2 is 1.89 bits per heavy atom. The second kappa shape index (κ2) is 11.4. The smallest absolute Gasteiger partial charge is 0.310 e. The fraction of sp³-hybridized carbons (Fsp3) is 0.444. The van der Waals surface area contributed by atoms with E-state index in [-0.39, 0.29) is 30.4 Å². The van der Waals surface area contributed by atoms with Gasteiger partial charge in [-0.2, -0.15) is 5.10 Å². The molecule has 186 valence electrons. The zero-order valence-corrected chi connectivity index (χ0v) is 20.6. The molecule has 1 saturated heterocycles. The molecule has 0 spiro atoms. The largest absolute Gasteiger partial charge is 0.497 e. The first-order chi connectivity index (χ1) is 17.0. The van der Waals surface area contributed by atoms with Gasteiger partial charge in [-0.1, -0.05) is 30.3 Å². The summed E-state index contributed by atoms with van der Waals surface area (Å²) in [5, 5.41) is 6.39. The summed E-state index contributed by atoms with van der Waals surface area (Å²) in [7, 11) is 3.22. The van der Waals surface area contributed by atoms with Crippen LogP contribution in [0.15, 0.2) is 53.6 Å². The number of carbonyl (C=O) groups is 2. The molecule has 0 bridgehead atoms. The average Bonchev–Trinajstić information content (AvgIpc) is 3.34. The van der Waals surface area contributed by atoms with Gasteiger partial charge in [0.2, 0.25) is 0 Å². The summed E-state index contributed by atoms with van der Waals surface area (Å²) in [4.78, 5) is 27.8. The van der Waals surface area contributed by atoms with Crippen molar-refractivity contribution >= 4 is 17.6 Å². The second-order valence-corrected chi connectivity index (χ2v) is 8.81. The topological polar surface area (TPSA) is 80.7 Å². The lowest BCUT2D eigenvalue weighted by Gasteiger charge is -2.32. The highest BCUT2D eigenvalue weighted by atomic mass is 16.5. The van der Waals surface area contributed by atoms with Gasteiger partial charge in [0.05, 0.1) is 45.0 Å². The molecule has 2 atom stereocenters. The minimum Gasteiger partial charge on any atom is -0.497 e. The van der Waals surface area contributed by atoms with E-state index in [2.05, 4.69) is 0 Å². The first kappa shape index (κ1) is 24.7. The normalized spacial score (nSPS) is 20.3. The van der Waals surface area contributed by atoms with Crippen LogP contribution in [0.4, 0.5) is 0 Å². The molecule has 8 nitrogen and oxygen atoms in total. The zero-order chi connectivity index (χ0) is 24.8. The molecule has 2 heterocycles. The Balaban J connectivity index is 1.57. The summed E-state index contributed by atoms with van der Waals surface area (Å²) >= 11 is 0. The van der Waals surface area contributed by atoms with Gasteiger partial charge < -0.3 is 14.2 Å². The summed E-state index contributed by atoms with van der Waals surface area (Å²) in [6.07, 6.45) is 2.22. The number of rotatable bonds is 8. The van der Waals surface area contributed by atoms with Gasteiger partial charge in [-0.05, 0) is 44.0 Å². The number of piperidine rings is 1. The minimum absolute atomic E-state index is 0.0918. The van der Waals surface area contributed by atoms with Gasteiger partial charge in [0, 0.05) is 24.6 Å². The van der Waals surface area contributed by atoms with Crippen molar-refractivity contribution in [3.8, 4) is 11.5 Å². The van der Waals surface area contributed by atoms with E-state index in [4.69, 9.17) is 19.3 Å². The van der Waals surface area contributed by atoms with E-state index in [9.17, 15) is 9.59 Å². The molecule has 0 aliphatic carbocycles. The molecule has 1 fully saturated rings. The first-order valence-corrected chi connectivity index (χ1v) is 12.1. The number of nitrogens with zero attached hydrogens (tertiary/aromatic N) is 3. The van der Waals surface area contributed by atoms with Crippen LogP contribution < -0.4 is 9.47 Å². The SMILES string of the molecule is CCOC(=O)[C@H]1CCCN(CC(=O)N2N=C(c3ccc(OC)cc3OC)C[C@@H]2c2ccccc2)C1. The van der Waals surface area contributed by atoms with Gasteiger partial charge in [0.25, 0.3) is 5.91 Å². The molecule has 4 rings (SSSR count). The van der Waals surface area contributed by atoms with Crippen molar-refractivity contribution in [3.63, 3.8) is 0 Å². The number of methoxy groups -OCH3 is 2. The summed E-state index contributed by atoms with van der Waals surface area (Å²) < 4.78 is 16.1. The maximum absolute atomic E-state index is 13.5. The lowest BCUT2D eigenvalue weighted by Crippen LogP contribution is -2.44. The molecule has 2 aromatic rings. The molecule has 1 amide bonds. The Bertz CT molecular complexity index is 1070. The standard InChI is InChI=1S/C27H33N3O5/c1-4-35-27(32)20-11-8-14-29(17-20)18-26(31)30-24(19-9-6-5-7-10-19)16-23(28-30)22-13-12-21(33-2)15-25(22)34-3/h5-7,9-10,12-13,15,20,24H,4,8,11,14,16-18H2,1-3H3/t20-,24+/m0/s1. The van der Waals surface area contributed by atoms with E-state index in [0.717, 1.165) is 36.2 Å². The number of benzene rings is 2. The summed E-state index contributed by atoms with van der Waals surface area (Å²) in [6, 6.07) is 15.3. The van der Waals surface area contributed by atoms with Crippen molar-refractivity contribution in [1.82, 2.24) is 9.91 Å². The zero-order valence-electron chi connectivity index (χ0n) is 20.6. The molecule has 0 radical (unpaired) electrons. The highest BCUT2D eigenvalue weighted by Gasteiger charge is 2.36. The third-order valence-electron chi connectivity index (χ3n) is 6.55. The monoisotopic (exact) mass is 479 g/mol. The van der Waals surface area contributed by atoms with Crippen LogP contribution in [0.2, 0.25) is 0 Å². The van der Waals surface area contributed by atoms with Gasteiger partial charge in [-0.3, -0.25) is 14.5 Å².